The maximum Gasteiger partial charge on any atom is 0.0361 e. The molecule has 0 amide bonds. The molecule has 2 nitrogen and oxygen atoms in total. The van der Waals surface area contributed by atoms with E-state index in [-0.39, 0.29) is 0 Å². The van der Waals surface area contributed by atoms with Gasteiger partial charge >= 0.3 is 0 Å². The molecule has 0 bridgehead atoms. The lowest BCUT2D eigenvalue weighted by Crippen LogP contribution is -2.17. The Morgan fingerprint density at radius 1 is 1.26 bits per heavy atom. The van der Waals surface area contributed by atoms with Crippen LogP contribution < -0.4 is 10.2 Å². The largest absolute Gasteiger partial charge is 0.378 e. The Balaban J connectivity index is 1.94. The van der Waals surface area contributed by atoms with E-state index in [9.17, 15) is 0 Å². The highest BCUT2D eigenvalue weighted by molar-refractivity contribution is 9.10. The molecule has 1 unspecified atom stereocenters. The molecule has 0 radical (unpaired) electrons. The van der Waals surface area contributed by atoms with Gasteiger partial charge in [0.15, 0.2) is 0 Å². The van der Waals surface area contributed by atoms with Crippen LogP contribution in [0.25, 0.3) is 0 Å². The van der Waals surface area contributed by atoms with Crippen molar-refractivity contribution in [3.8, 4) is 0 Å². The zero-order valence-corrected chi connectivity index (χ0v) is 13.9. The van der Waals surface area contributed by atoms with Crippen molar-refractivity contribution in [1.29, 1.82) is 0 Å². The van der Waals surface area contributed by atoms with Crippen LogP contribution in [0.2, 0.25) is 0 Å². The van der Waals surface area contributed by atoms with Crippen LogP contribution in [-0.4, -0.2) is 14.1 Å². The summed E-state index contributed by atoms with van der Waals surface area (Å²) in [5.74, 6) is 0. The molecule has 1 heterocycles. The molecule has 4 heteroatoms. The Kier molecular flexibility index (Phi) is 5.02. The van der Waals surface area contributed by atoms with E-state index in [0.717, 1.165) is 11.0 Å². The van der Waals surface area contributed by atoms with Gasteiger partial charge in [-0.3, -0.25) is 0 Å². The molecule has 0 fully saturated rings. The molecule has 1 N–H and O–H groups in total. The first-order valence-electron chi connectivity index (χ1n) is 6.30. The molecule has 0 aliphatic heterocycles. The molecule has 2 rings (SSSR count). The highest BCUT2D eigenvalue weighted by Crippen LogP contribution is 2.21. The highest BCUT2D eigenvalue weighted by Gasteiger charge is 2.06. The van der Waals surface area contributed by atoms with Gasteiger partial charge in [-0.15, -0.1) is 11.3 Å². The molecule has 1 aromatic carbocycles. The minimum Gasteiger partial charge on any atom is -0.378 e. The van der Waals surface area contributed by atoms with Gasteiger partial charge in [-0.25, -0.2) is 0 Å². The summed E-state index contributed by atoms with van der Waals surface area (Å²) < 4.78 is 1.16. The molecule has 19 heavy (non-hydrogen) atoms. The SMILES string of the molecule is CC(NCc1cc(Br)cs1)c1ccc(N(C)C)cc1. The third-order valence-electron chi connectivity index (χ3n) is 3.11. The Morgan fingerprint density at radius 2 is 1.95 bits per heavy atom. The number of benzene rings is 1. The quantitative estimate of drug-likeness (QED) is 0.867. The lowest BCUT2D eigenvalue weighted by atomic mass is 10.1. The van der Waals surface area contributed by atoms with Crippen LogP contribution in [0.3, 0.4) is 0 Å². The molecule has 1 aromatic heterocycles. The van der Waals surface area contributed by atoms with Crippen LogP contribution in [-0.2, 0) is 6.54 Å². The third kappa shape index (κ3) is 4.06. The van der Waals surface area contributed by atoms with Crippen LogP contribution >= 0.6 is 27.3 Å². The fourth-order valence-corrected chi connectivity index (χ4v) is 3.28. The summed E-state index contributed by atoms with van der Waals surface area (Å²) in [4.78, 5) is 3.47. The molecule has 0 saturated heterocycles. The number of rotatable bonds is 5. The van der Waals surface area contributed by atoms with Crippen molar-refractivity contribution in [2.75, 3.05) is 19.0 Å². The van der Waals surface area contributed by atoms with Crippen LogP contribution in [0, 0.1) is 0 Å². The van der Waals surface area contributed by atoms with Crippen molar-refractivity contribution in [2.45, 2.75) is 19.5 Å². The molecule has 1 atom stereocenters. The van der Waals surface area contributed by atoms with E-state index in [4.69, 9.17) is 0 Å². The Bertz CT molecular complexity index is 519. The first-order chi connectivity index (χ1) is 9.06. The maximum absolute atomic E-state index is 3.55. The Morgan fingerprint density at radius 3 is 2.47 bits per heavy atom. The molecule has 102 valence electrons. The number of nitrogens with zero attached hydrogens (tertiary/aromatic N) is 1. The number of halogens is 1. The molecule has 0 aliphatic carbocycles. The summed E-state index contributed by atoms with van der Waals surface area (Å²) in [5.41, 5.74) is 2.55. The van der Waals surface area contributed by atoms with Crippen molar-refractivity contribution in [2.24, 2.45) is 0 Å². The molecule has 0 spiro atoms. The standard InChI is InChI=1S/C15H19BrN2S/c1-11(17-9-15-8-13(16)10-19-15)12-4-6-14(7-5-12)18(2)3/h4-8,10-11,17H,9H2,1-3H3. The monoisotopic (exact) mass is 338 g/mol. The third-order valence-corrected chi connectivity index (χ3v) is 4.81. The van der Waals surface area contributed by atoms with Crippen LogP contribution in [0.1, 0.15) is 23.4 Å². The smallest absolute Gasteiger partial charge is 0.0361 e. The fourth-order valence-electron chi connectivity index (χ4n) is 1.88. The zero-order chi connectivity index (χ0) is 13.8. The number of nitrogens with one attached hydrogen (secondary N) is 1. The van der Waals surface area contributed by atoms with Crippen LogP contribution in [0.4, 0.5) is 5.69 Å². The lowest BCUT2D eigenvalue weighted by Gasteiger charge is -2.16. The van der Waals surface area contributed by atoms with Gasteiger partial charge in [0, 0.05) is 47.1 Å². The van der Waals surface area contributed by atoms with Crippen molar-refractivity contribution in [3.05, 3.63) is 50.6 Å². The first kappa shape index (κ1) is 14.6. The van der Waals surface area contributed by atoms with Gasteiger partial charge in [-0.05, 0) is 46.6 Å². The second kappa shape index (κ2) is 6.55. The first-order valence-corrected chi connectivity index (χ1v) is 7.97. The summed E-state index contributed by atoms with van der Waals surface area (Å²) in [5, 5.41) is 5.67. The van der Waals surface area contributed by atoms with Crippen molar-refractivity contribution < 1.29 is 0 Å². The van der Waals surface area contributed by atoms with Gasteiger partial charge in [-0.1, -0.05) is 12.1 Å². The average molecular weight is 339 g/mol. The number of hydrogen-bond donors (Lipinski definition) is 1. The zero-order valence-electron chi connectivity index (χ0n) is 11.5. The number of thiophene rings is 1. The summed E-state index contributed by atoms with van der Waals surface area (Å²) >= 11 is 5.26. The average Bonchev–Trinajstić information content (AvgIpc) is 2.82. The minimum absolute atomic E-state index is 0.358. The van der Waals surface area contributed by atoms with E-state index in [1.165, 1.54) is 16.1 Å². The lowest BCUT2D eigenvalue weighted by molar-refractivity contribution is 0.579. The predicted octanol–water partition coefficient (Wildman–Crippen LogP) is 4.43. The van der Waals surface area contributed by atoms with Crippen LogP contribution in [0.5, 0.6) is 0 Å². The molecule has 0 aliphatic rings. The molecular formula is C15H19BrN2S. The fraction of sp³-hybridized carbons (Fsp3) is 0.333. The highest BCUT2D eigenvalue weighted by atomic mass is 79.9. The summed E-state index contributed by atoms with van der Waals surface area (Å²) in [7, 11) is 4.12. The van der Waals surface area contributed by atoms with Gasteiger partial charge in [0.1, 0.15) is 0 Å². The Hall–Kier alpha value is -0.840. The van der Waals surface area contributed by atoms with E-state index in [2.05, 4.69) is 82.9 Å². The van der Waals surface area contributed by atoms with Crippen molar-refractivity contribution >= 4 is 33.0 Å². The topological polar surface area (TPSA) is 15.3 Å². The van der Waals surface area contributed by atoms with Gasteiger partial charge in [0.2, 0.25) is 0 Å². The number of anilines is 1. The van der Waals surface area contributed by atoms with Gasteiger partial charge < -0.3 is 10.2 Å². The van der Waals surface area contributed by atoms with Gasteiger partial charge in [0.05, 0.1) is 0 Å². The van der Waals surface area contributed by atoms with Gasteiger partial charge in [-0.2, -0.15) is 0 Å². The van der Waals surface area contributed by atoms with E-state index in [1.807, 2.05) is 0 Å². The van der Waals surface area contributed by atoms with E-state index in [0.29, 0.717) is 6.04 Å². The van der Waals surface area contributed by atoms with E-state index < -0.39 is 0 Å². The summed E-state index contributed by atoms with van der Waals surface area (Å²) in [6.45, 7) is 3.11. The second-order valence-electron chi connectivity index (χ2n) is 4.82. The molecular weight excluding hydrogens is 320 g/mol. The van der Waals surface area contributed by atoms with Gasteiger partial charge in [0.25, 0.3) is 0 Å². The van der Waals surface area contributed by atoms with Crippen molar-refractivity contribution in [3.63, 3.8) is 0 Å². The maximum atomic E-state index is 3.55. The summed E-state index contributed by atoms with van der Waals surface area (Å²) in [6, 6.07) is 11.2. The molecule has 2 aromatic rings. The predicted molar refractivity (Wildman–Crippen MR) is 88.0 cm³/mol. The molecule has 0 saturated carbocycles. The van der Waals surface area contributed by atoms with Crippen LogP contribution in [0.15, 0.2) is 40.2 Å². The Labute approximate surface area is 127 Å². The van der Waals surface area contributed by atoms with Crippen molar-refractivity contribution in [1.82, 2.24) is 5.32 Å². The normalized spacial score (nSPS) is 12.4. The summed E-state index contributed by atoms with van der Waals surface area (Å²) in [6.07, 6.45) is 0. The van der Waals surface area contributed by atoms with E-state index in [1.54, 1.807) is 11.3 Å². The second-order valence-corrected chi connectivity index (χ2v) is 6.73. The van der Waals surface area contributed by atoms with E-state index >= 15 is 0 Å². The minimum atomic E-state index is 0.358. The number of hydrogen-bond acceptors (Lipinski definition) is 3.